The Balaban J connectivity index is 1.37. The monoisotopic (exact) mass is 748 g/mol. The fraction of sp³-hybridized carbons (Fsp3) is 0.250. The number of urea groups is 1. The van der Waals surface area contributed by atoms with Crippen molar-refractivity contribution < 1.29 is 38.1 Å². The molecule has 0 radical (unpaired) electrons. The summed E-state index contributed by atoms with van der Waals surface area (Å²) >= 11 is 15.6. The van der Waals surface area contributed by atoms with Crippen molar-refractivity contribution in [1.82, 2.24) is 16.1 Å². The molecular formula is C32H31BrCl2N4O8. The van der Waals surface area contributed by atoms with E-state index < -0.39 is 23.9 Å². The molecule has 47 heavy (non-hydrogen) atoms. The number of amides is 3. The second-order valence-corrected chi connectivity index (χ2v) is 11.5. The Hall–Kier alpha value is -4.46. The number of nitrogens with zero attached hydrogens (tertiary/aromatic N) is 1. The lowest BCUT2D eigenvalue weighted by atomic mass is 9.95. The lowest BCUT2D eigenvalue weighted by Gasteiger charge is -2.28. The quantitative estimate of drug-likeness (QED) is 0.109. The maximum absolute atomic E-state index is 12.6. The van der Waals surface area contributed by atoms with Gasteiger partial charge in [0, 0.05) is 5.70 Å². The number of hydrogen-bond donors (Lipinski definition) is 3. The summed E-state index contributed by atoms with van der Waals surface area (Å²) in [6, 6.07) is 12.3. The Morgan fingerprint density at radius 2 is 1.77 bits per heavy atom. The van der Waals surface area contributed by atoms with Gasteiger partial charge in [0.15, 0.2) is 29.6 Å². The number of carbonyl (C=O) groups is 3. The van der Waals surface area contributed by atoms with Crippen LogP contribution in [0.5, 0.6) is 23.0 Å². The second-order valence-electron chi connectivity index (χ2n) is 9.85. The molecule has 248 valence electrons. The molecule has 0 unspecified atom stereocenters. The molecular weight excluding hydrogens is 719 g/mol. The van der Waals surface area contributed by atoms with E-state index in [1.54, 1.807) is 56.3 Å². The number of rotatable bonds is 13. The van der Waals surface area contributed by atoms with Gasteiger partial charge in [0.25, 0.3) is 5.91 Å². The molecule has 3 aromatic rings. The van der Waals surface area contributed by atoms with Crippen LogP contribution < -0.4 is 35.0 Å². The molecule has 0 bridgehead atoms. The molecule has 12 nitrogen and oxygen atoms in total. The molecule has 3 aromatic carbocycles. The predicted octanol–water partition coefficient (Wildman–Crippen LogP) is 6.07. The van der Waals surface area contributed by atoms with E-state index in [1.807, 2.05) is 6.07 Å². The number of allylic oxidation sites excluding steroid dienone is 1. The molecule has 0 aliphatic carbocycles. The molecule has 1 atom stereocenters. The Bertz CT molecular complexity index is 1730. The lowest BCUT2D eigenvalue weighted by molar-refractivity contribution is -0.139. The zero-order valence-corrected chi connectivity index (χ0v) is 28.8. The Morgan fingerprint density at radius 3 is 2.47 bits per heavy atom. The average molecular weight is 750 g/mol. The summed E-state index contributed by atoms with van der Waals surface area (Å²) in [7, 11) is 2.94. The van der Waals surface area contributed by atoms with E-state index in [4.69, 9.17) is 46.9 Å². The fourth-order valence-electron chi connectivity index (χ4n) is 4.50. The molecule has 3 amide bonds. The van der Waals surface area contributed by atoms with E-state index in [9.17, 15) is 14.4 Å². The van der Waals surface area contributed by atoms with Gasteiger partial charge in [-0.1, -0.05) is 35.3 Å². The van der Waals surface area contributed by atoms with E-state index in [-0.39, 0.29) is 36.9 Å². The van der Waals surface area contributed by atoms with E-state index in [0.29, 0.717) is 42.8 Å². The van der Waals surface area contributed by atoms with Crippen molar-refractivity contribution in [3.8, 4) is 23.0 Å². The maximum Gasteiger partial charge on any atom is 0.338 e. The van der Waals surface area contributed by atoms with Crippen molar-refractivity contribution in [2.45, 2.75) is 26.5 Å². The van der Waals surface area contributed by atoms with Crippen LogP contribution in [-0.4, -0.2) is 51.6 Å². The normalized spacial score (nSPS) is 14.3. The first kappa shape index (κ1) is 35.4. The first-order valence-electron chi connectivity index (χ1n) is 14.1. The van der Waals surface area contributed by atoms with E-state index >= 15 is 0 Å². The average Bonchev–Trinajstić information content (AvgIpc) is 3.04. The predicted molar refractivity (Wildman–Crippen MR) is 179 cm³/mol. The van der Waals surface area contributed by atoms with Crippen LogP contribution in [0.3, 0.4) is 0 Å². The van der Waals surface area contributed by atoms with Crippen molar-refractivity contribution in [2.24, 2.45) is 5.10 Å². The number of hydrazone groups is 1. The second kappa shape index (κ2) is 16.4. The SMILES string of the molecule is CCOC(=O)C1=C(C)NC(=O)N[C@@H]1c1ccc(OCC(=O)N/N=C\c2cc(Br)c(OCc3ccc(Cl)c(Cl)c3)c(OC)c2)c(OC)c1. The van der Waals surface area contributed by atoms with Crippen molar-refractivity contribution >= 4 is 63.3 Å². The number of halogens is 3. The summed E-state index contributed by atoms with van der Waals surface area (Å²) in [6.07, 6.45) is 1.44. The molecule has 0 saturated carbocycles. The standard InChI is InChI=1S/C32H31BrCl2N4O8/c1-5-45-31(41)28-17(2)37-32(42)38-29(28)20-7-9-24(25(13-20)43-3)46-16-27(40)39-36-14-19-10-21(33)30(26(12-19)44-4)47-15-18-6-8-22(34)23(35)11-18/h6-14,29H,5,15-16H2,1-4H3,(H,39,40)(H2,37,38,42)/b36-14-/t29-/m1/s1. The van der Waals surface area contributed by atoms with Gasteiger partial charge in [-0.25, -0.2) is 15.0 Å². The lowest BCUT2D eigenvalue weighted by Crippen LogP contribution is -2.45. The maximum atomic E-state index is 12.6. The molecule has 15 heteroatoms. The van der Waals surface area contributed by atoms with Crippen LogP contribution in [0, 0.1) is 0 Å². The van der Waals surface area contributed by atoms with Crippen LogP contribution in [0.25, 0.3) is 0 Å². The highest BCUT2D eigenvalue weighted by molar-refractivity contribution is 9.10. The van der Waals surface area contributed by atoms with Gasteiger partial charge < -0.3 is 34.3 Å². The van der Waals surface area contributed by atoms with Crippen LogP contribution in [0.15, 0.2) is 69.4 Å². The van der Waals surface area contributed by atoms with Gasteiger partial charge in [0.05, 0.1) is 53.2 Å². The largest absolute Gasteiger partial charge is 0.493 e. The minimum atomic E-state index is -0.787. The van der Waals surface area contributed by atoms with Crippen molar-refractivity contribution in [1.29, 1.82) is 0 Å². The first-order valence-corrected chi connectivity index (χ1v) is 15.6. The smallest absolute Gasteiger partial charge is 0.338 e. The summed E-state index contributed by atoms with van der Waals surface area (Å²) in [5, 5.41) is 10.2. The summed E-state index contributed by atoms with van der Waals surface area (Å²) in [6.45, 7) is 3.34. The molecule has 0 spiro atoms. The van der Waals surface area contributed by atoms with Gasteiger partial charge in [-0.3, -0.25) is 4.79 Å². The minimum Gasteiger partial charge on any atom is -0.493 e. The molecule has 1 aliphatic rings. The van der Waals surface area contributed by atoms with Crippen LogP contribution in [0.1, 0.15) is 36.6 Å². The van der Waals surface area contributed by atoms with Crippen molar-refractivity contribution in [3.05, 3.63) is 91.0 Å². The zero-order valence-electron chi connectivity index (χ0n) is 25.7. The molecule has 4 rings (SSSR count). The van der Waals surface area contributed by atoms with Gasteiger partial charge >= 0.3 is 12.0 Å². The molecule has 0 fully saturated rings. The highest BCUT2D eigenvalue weighted by Crippen LogP contribution is 2.37. The highest BCUT2D eigenvalue weighted by Gasteiger charge is 2.32. The summed E-state index contributed by atoms with van der Waals surface area (Å²) in [4.78, 5) is 37.3. The van der Waals surface area contributed by atoms with Crippen LogP contribution in [0.2, 0.25) is 10.0 Å². The molecule has 3 N–H and O–H groups in total. The molecule has 1 aliphatic heterocycles. The number of benzene rings is 3. The Morgan fingerprint density at radius 1 is 1.00 bits per heavy atom. The molecule has 0 aromatic heterocycles. The number of hydrogen-bond acceptors (Lipinski definition) is 9. The minimum absolute atomic E-state index is 0.174. The van der Waals surface area contributed by atoms with E-state index in [0.717, 1.165) is 5.56 Å². The van der Waals surface area contributed by atoms with E-state index in [2.05, 4.69) is 37.1 Å². The third-order valence-electron chi connectivity index (χ3n) is 6.67. The number of nitrogens with one attached hydrogen (secondary N) is 3. The molecule has 1 heterocycles. The number of ether oxygens (including phenoxy) is 5. The number of methoxy groups -OCH3 is 2. The van der Waals surface area contributed by atoms with Crippen molar-refractivity contribution in [2.75, 3.05) is 27.4 Å². The number of carbonyl (C=O) groups excluding carboxylic acids is 3. The van der Waals surface area contributed by atoms with Gasteiger partial charge in [0.1, 0.15) is 6.61 Å². The van der Waals surface area contributed by atoms with Gasteiger partial charge in [-0.15, -0.1) is 0 Å². The highest BCUT2D eigenvalue weighted by atomic mass is 79.9. The zero-order chi connectivity index (χ0) is 34.1. The Kier molecular flexibility index (Phi) is 12.3. The van der Waals surface area contributed by atoms with Gasteiger partial charge in [0.2, 0.25) is 0 Å². The van der Waals surface area contributed by atoms with Crippen LogP contribution in [-0.2, 0) is 20.9 Å². The third kappa shape index (κ3) is 9.09. The Labute approximate surface area is 289 Å². The van der Waals surface area contributed by atoms with E-state index in [1.165, 1.54) is 20.4 Å². The summed E-state index contributed by atoms with van der Waals surface area (Å²) in [5.41, 5.74) is 5.04. The first-order chi connectivity index (χ1) is 22.5. The molecule has 0 saturated heterocycles. The topological polar surface area (TPSA) is 146 Å². The van der Waals surface area contributed by atoms with Crippen molar-refractivity contribution in [3.63, 3.8) is 0 Å². The van der Waals surface area contributed by atoms with Crippen LogP contribution in [0.4, 0.5) is 4.79 Å². The number of esters is 1. The van der Waals surface area contributed by atoms with Crippen LogP contribution >= 0.6 is 39.1 Å². The third-order valence-corrected chi connectivity index (χ3v) is 7.99. The van der Waals surface area contributed by atoms with Gasteiger partial charge in [-0.2, -0.15) is 5.10 Å². The van der Waals surface area contributed by atoms with Gasteiger partial charge in [-0.05, 0) is 82.9 Å². The summed E-state index contributed by atoms with van der Waals surface area (Å²) < 4.78 is 28.3. The summed E-state index contributed by atoms with van der Waals surface area (Å²) in [5.74, 6) is 0.363. The fourth-order valence-corrected chi connectivity index (χ4v) is 5.39.